The highest BCUT2D eigenvalue weighted by atomic mass is 28.3. The molecule has 0 aliphatic carbocycles. The van der Waals surface area contributed by atoms with Crippen molar-refractivity contribution < 1.29 is 5.11 Å². The fourth-order valence-corrected chi connectivity index (χ4v) is 3.64. The zero-order valence-electron chi connectivity index (χ0n) is 10.6. The Morgan fingerprint density at radius 2 is 1.53 bits per heavy atom. The second-order valence-corrected chi connectivity index (χ2v) is 10.4. The smallest absolute Gasteiger partial charge is 0.115 e. The van der Waals surface area contributed by atoms with Gasteiger partial charge in [-0.2, -0.15) is 0 Å². The van der Waals surface area contributed by atoms with Crippen LogP contribution in [-0.4, -0.2) is 13.2 Å². The molecule has 88 valence electrons. The van der Waals surface area contributed by atoms with E-state index < -0.39 is 8.07 Å². The summed E-state index contributed by atoms with van der Waals surface area (Å²) in [6.07, 6.45) is 0. The summed E-state index contributed by atoms with van der Waals surface area (Å²) in [6.45, 7) is 6.90. The minimum absolute atomic E-state index is 0.363. The van der Waals surface area contributed by atoms with Crippen LogP contribution >= 0.6 is 0 Å². The first-order valence-corrected chi connectivity index (χ1v) is 9.37. The van der Waals surface area contributed by atoms with Crippen LogP contribution in [0.1, 0.15) is 0 Å². The third kappa shape index (κ3) is 2.59. The van der Waals surface area contributed by atoms with Crippen molar-refractivity contribution in [2.45, 2.75) is 19.6 Å². The van der Waals surface area contributed by atoms with Gasteiger partial charge in [-0.15, -0.1) is 0 Å². The SMILES string of the molecule is C[Si](C)(C)c1cc(O)ccc1-c1ccccc1. The van der Waals surface area contributed by atoms with Crippen LogP contribution < -0.4 is 5.19 Å². The Morgan fingerprint density at radius 1 is 0.882 bits per heavy atom. The Balaban J connectivity index is 2.63. The van der Waals surface area contributed by atoms with Crippen LogP contribution in [0, 0.1) is 0 Å². The van der Waals surface area contributed by atoms with E-state index in [1.807, 2.05) is 18.2 Å². The standard InChI is InChI=1S/C15H18OSi/c1-17(2,3)15-11-13(16)9-10-14(15)12-7-5-4-6-8-12/h4-11,16H,1-3H3. The van der Waals surface area contributed by atoms with Crippen molar-refractivity contribution >= 4 is 13.3 Å². The van der Waals surface area contributed by atoms with Gasteiger partial charge in [-0.1, -0.05) is 56.0 Å². The number of rotatable bonds is 2. The van der Waals surface area contributed by atoms with Gasteiger partial charge in [0, 0.05) is 0 Å². The first-order valence-electron chi connectivity index (χ1n) is 5.87. The molecule has 0 unspecified atom stereocenters. The van der Waals surface area contributed by atoms with Crippen molar-refractivity contribution in [2.24, 2.45) is 0 Å². The van der Waals surface area contributed by atoms with Crippen LogP contribution in [0.15, 0.2) is 48.5 Å². The van der Waals surface area contributed by atoms with Gasteiger partial charge in [0.05, 0.1) is 8.07 Å². The van der Waals surface area contributed by atoms with E-state index in [2.05, 4.69) is 43.9 Å². The summed E-state index contributed by atoms with van der Waals surface area (Å²) in [7, 11) is -1.45. The molecule has 1 nitrogen and oxygen atoms in total. The van der Waals surface area contributed by atoms with Crippen molar-refractivity contribution in [2.75, 3.05) is 0 Å². The average molecular weight is 242 g/mol. The maximum absolute atomic E-state index is 9.67. The lowest BCUT2D eigenvalue weighted by Crippen LogP contribution is -2.38. The second kappa shape index (κ2) is 4.38. The molecular weight excluding hydrogens is 224 g/mol. The first kappa shape index (κ1) is 11.9. The monoisotopic (exact) mass is 242 g/mol. The van der Waals surface area contributed by atoms with Gasteiger partial charge in [-0.05, 0) is 28.4 Å². The molecular formula is C15H18OSi. The van der Waals surface area contributed by atoms with E-state index in [1.165, 1.54) is 16.3 Å². The molecule has 1 N–H and O–H groups in total. The Kier molecular flexibility index (Phi) is 3.07. The zero-order chi connectivity index (χ0) is 12.5. The van der Waals surface area contributed by atoms with Gasteiger partial charge in [0.1, 0.15) is 5.75 Å². The van der Waals surface area contributed by atoms with E-state index >= 15 is 0 Å². The molecule has 0 atom stereocenters. The predicted molar refractivity (Wildman–Crippen MR) is 76.5 cm³/mol. The summed E-state index contributed by atoms with van der Waals surface area (Å²) in [4.78, 5) is 0. The highest BCUT2D eigenvalue weighted by molar-refractivity contribution is 6.89. The predicted octanol–water partition coefficient (Wildman–Crippen LogP) is 3.60. The third-order valence-electron chi connectivity index (χ3n) is 2.90. The molecule has 0 aliphatic rings. The van der Waals surface area contributed by atoms with Crippen molar-refractivity contribution in [1.82, 2.24) is 0 Å². The Bertz CT molecular complexity index is 512. The van der Waals surface area contributed by atoms with Gasteiger partial charge in [-0.3, -0.25) is 0 Å². The van der Waals surface area contributed by atoms with Gasteiger partial charge in [0.25, 0.3) is 0 Å². The van der Waals surface area contributed by atoms with Gasteiger partial charge in [0.15, 0.2) is 0 Å². The molecule has 0 radical (unpaired) electrons. The number of phenolic OH excluding ortho intramolecular Hbond substituents is 1. The van der Waals surface area contributed by atoms with E-state index in [4.69, 9.17) is 0 Å². The maximum atomic E-state index is 9.67. The molecule has 0 bridgehead atoms. The molecule has 2 aromatic carbocycles. The molecule has 0 saturated heterocycles. The lowest BCUT2D eigenvalue weighted by atomic mass is 10.1. The first-order chi connectivity index (χ1) is 7.98. The van der Waals surface area contributed by atoms with E-state index in [-0.39, 0.29) is 0 Å². The van der Waals surface area contributed by atoms with Crippen LogP contribution in [0.5, 0.6) is 5.75 Å². The fraction of sp³-hybridized carbons (Fsp3) is 0.200. The van der Waals surface area contributed by atoms with Crippen LogP contribution in [-0.2, 0) is 0 Å². The summed E-state index contributed by atoms with van der Waals surface area (Å²) in [5.74, 6) is 0.363. The van der Waals surface area contributed by atoms with E-state index in [0.29, 0.717) is 5.75 Å². The van der Waals surface area contributed by atoms with Gasteiger partial charge >= 0.3 is 0 Å². The summed E-state index contributed by atoms with van der Waals surface area (Å²) >= 11 is 0. The minimum atomic E-state index is -1.45. The minimum Gasteiger partial charge on any atom is -0.508 e. The Labute approximate surface area is 104 Å². The highest BCUT2D eigenvalue weighted by Gasteiger charge is 2.21. The number of aromatic hydroxyl groups is 1. The van der Waals surface area contributed by atoms with Crippen molar-refractivity contribution in [3.05, 3.63) is 48.5 Å². The Morgan fingerprint density at radius 3 is 2.12 bits per heavy atom. The van der Waals surface area contributed by atoms with Crippen LogP contribution in [0.4, 0.5) is 0 Å². The highest BCUT2D eigenvalue weighted by Crippen LogP contribution is 2.23. The van der Waals surface area contributed by atoms with Crippen LogP contribution in [0.3, 0.4) is 0 Å². The molecule has 0 fully saturated rings. The summed E-state index contributed by atoms with van der Waals surface area (Å²) < 4.78 is 0. The molecule has 2 aromatic rings. The lowest BCUT2D eigenvalue weighted by Gasteiger charge is -2.21. The number of hydrogen-bond acceptors (Lipinski definition) is 1. The van der Waals surface area contributed by atoms with Crippen LogP contribution in [0.25, 0.3) is 11.1 Å². The maximum Gasteiger partial charge on any atom is 0.115 e. The summed E-state index contributed by atoms with van der Waals surface area (Å²) in [6, 6.07) is 16.1. The van der Waals surface area contributed by atoms with Crippen molar-refractivity contribution in [1.29, 1.82) is 0 Å². The number of hydrogen-bond donors (Lipinski definition) is 1. The molecule has 0 saturated carbocycles. The number of benzene rings is 2. The molecule has 2 heteroatoms. The normalized spacial score (nSPS) is 11.5. The molecule has 0 aliphatic heterocycles. The molecule has 0 aromatic heterocycles. The van der Waals surface area contributed by atoms with Gasteiger partial charge in [-0.25, -0.2) is 0 Å². The number of phenols is 1. The van der Waals surface area contributed by atoms with E-state index in [1.54, 1.807) is 6.07 Å². The largest absolute Gasteiger partial charge is 0.508 e. The van der Waals surface area contributed by atoms with Crippen LogP contribution in [0.2, 0.25) is 19.6 Å². The molecule has 0 amide bonds. The van der Waals surface area contributed by atoms with Crippen molar-refractivity contribution in [3.8, 4) is 16.9 Å². The van der Waals surface area contributed by atoms with E-state index in [0.717, 1.165) is 0 Å². The van der Waals surface area contributed by atoms with Gasteiger partial charge in [0.2, 0.25) is 0 Å². The van der Waals surface area contributed by atoms with E-state index in [9.17, 15) is 5.11 Å². The molecule has 0 spiro atoms. The average Bonchev–Trinajstić information content (AvgIpc) is 2.29. The second-order valence-electron chi connectivity index (χ2n) is 5.35. The van der Waals surface area contributed by atoms with Gasteiger partial charge < -0.3 is 5.11 Å². The molecule has 2 rings (SSSR count). The zero-order valence-corrected chi connectivity index (χ0v) is 11.6. The quantitative estimate of drug-likeness (QED) is 0.798. The third-order valence-corrected chi connectivity index (χ3v) is 4.93. The molecule has 17 heavy (non-hydrogen) atoms. The summed E-state index contributed by atoms with van der Waals surface area (Å²) in [5, 5.41) is 11.0. The topological polar surface area (TPSA) is 20.2 Å². The van der Waals surface area contributed by atoms with Crippen molar-refractivity contribution in [3.63, 3.8) is 0 Å². The molecule has 0 heterocycles. The summed E-state index contributed by atoms with van der Waals surface area (Å²) in [5.41, 5.74) is 2.48. The lowest BCUT2D eigenvalue weighted by molar-refractivity contribution is 0.476. The fourth-order valence-electron chi connectivity index (χ4n) is 2.02. The Hall–Kier alpha value is -1.54.